The number of hydrogen-bond acceptors (Lipinski definition) is 2. The van der Waals surface area contributed by atoms with Crippen LogP contribution in [0.4, 0.5) is 0 Å². The van der Waals surface area contributed by atoms with E-state index in [9.17, 15) is 0 Å². The van der Waals surface area contributed by atoms with Crippen molar-refractivity contribution in [2.24, 2.45) is 0 Å². The Morgan fingerprint density at radius 3 is 3.07 bits per heavy atom. The van der Waals surface area contributed by atoms with Crippen molar-refractivity contribution in [3.8, 4) is 0 Å². The third-order valence-electron chi connectivity index (χ3n) is 2.37. The van der Waals surface area contributed by atoms with Gasteiger partial charge in [0.2, 0.25) is 0 Å². The van der Waals surface area contributed by atoms with Crippen molar-refractivity contribution in [1.82, 2.24) is 14.7 Å². The number of pyridine rings is 1. The highest BCUT2D eigenvalue weighted by Gasteiger charge is 2.06. The third kappa shape index (κ3) is 1.51. The Balaban J connectivity index is 2.45. The molecule has 0 radical (unpaired) electrons. The normalized spacial score (nSPS) is 11.0. The minimum atomic E-state index is 0.882. The van der Waals surface area contributed by atoms with Crippen molar-refractivity contribution in [3.63, 3.8) is 0 Å². The highest BCUT2D eigenvalue weighted by Crippen LogP contribution is 2.10. The molecule has 0 aliphatic heterocycles. The van der Waals surface area contributed by atoms with E-state index in [1.807, 2.05) is 18.2 Å². The molecule has 14 heavy (non-hydrogen) atoms. The number of aryl methyl sites for hydroxylation is 1. The van der Waals surface area contributed by atoms with E-state index in [2.05, 4.69) is 34.7 Å². The molecule has 2 rings (SSSR count). The fourth-order valence-electron chi connectivity index (χ4n) is 1.62. The molecule has 1 N–H and O–H groups in total. The lowest BCUT2D eigenvalue weighted by molar-refractivity contribution is 0.701. The van der Waals surface area contributed by atoms with E-state index in [0.29, 0.717) is 0 Å². The Morgan fingerprint density at radius 2 is 2.29 bits per heavy atom. The van der Waals surface area contributed by atoms with Crippen LogP contribution < -0.4 is 5.32 Å². The third-order valence-corrected chi connectivity index (χ3v) is 2.37. The molecular formula is C11H15N3. The SMILES string of the molecule is CCNCc1c(C)nc2ccccn12. The van der Waals surface area contributed by atoms with Crippen LogP contribution in [-0.4, -0.2) is 15.9 Å². The predicted octanol–water partition coefficient (Wildman–Crippen LogP) is 1.75. The molecule has 0 unspecified atom stereocenters. The Bertz CT molecular complexity index is 431. The largest absolute Gasteiger partial charge is 0.311 e. The summed E-state index contributed by atoms with van der Waals surface area (Å²) in [7, 11) is 0. The lowest BCUT2D eigenvalue weighted by Gasteiger charge is -2.02. The monoisotopic (exact) mass is 189 g/mol. The Hall–Kier alpha value is -1.35. The van der Waals surface area contributed by atoms with Crippen LogP contribution in [0.3, 0.4) is 0 Å². The molecular weight excluding hydrogens is 174 g/mol. The number of aromatic nitrogens is 2. The molecule has 0 saturated carbocycles. The molecule has 0 bridgehead atoms. The molecule has 0 aliphatic carbocycles. The summed E-state index contributed by atoms with van der Waals surface area (Å²) in [6.07, 6.45) is 2.06. The zero-order valence-electron chi connectivity index (χ0n) is 8.62. The highest BCUT2D eigenvalue weighted by molar-refractivity contribution is 5.42. The van der Waals surface area contributed by atoms with Crippen LogP contribution in [0, 0.1) is 6.92 Å². The number of hydrogen-bond donors (Lipinski definition) is 1. The zero-order chi connectivity index (χ0) is 9.97. The molecule has 0 spiro atoms. The molecule has 74 valence electrons. The summed E-state index contributed by atoms with van der Waals surface area (Å²) in [5.41, 5.74) is 3.39. The van der Waals surface area contributed by atoms with Crippen LogP contribution in [0.25, 0.3) is 5.65 Å². The first-order chi connectivity index (χ1) is 6.83. The Labute approximate surface area is 83.8 Å². The Kier molecular flexibility index (Phi) is 2.50. The molecule has 2 aromatic rings. The summed E-state index contributed by atoms with van der Waals surface area (Å²) in [6, 6.07) is 6.07. The second-order valence-electron chi connectivity index (χ2n) is 3.35. The van der Waals surface area contributed by atoms with Crippen LogP contribution in [0.2, 0.25) is 0 Å². The van der Waals surface area contributed by atoms with Gasteiger partial charge in [-0.15, -0.1) is 0 Å². The first kappa shape index (κ1) is 9.21. The highest BCUT2D eigenvalue weighted by atomic mass is 15.0. The van der Waals surface area contributed by atoms with E-state index >= 15 is 0 Å². The lowest BCUT2D eigenvalue weighted by atomic mass is 10.3. The van der Waals surface area contributed by atoms with Gasteiger partial charge in [-0.1, -0.05) is 13.0 Å². The zero-order valence-corrected chi connectivity index (χ0v) is 8.62. The second kappa shape index (κ2) is 3.80. The van der Waals surface area contributed by atoms with E-state index in [1.165, 1.54) is 5.69 Å². The average Bonchev–Trinajstić information content (AvgIpc) is 2.51. The van der Waals surface area contributed by atoms with Gasteiger partial charge in [-0.3, -0.25) is 0 Å². The number of nitrogens with one attached hydrogen (secondary N) is 1. The molecule has 0 aromatic carbocycles. The fraction of sp³-hybridized carbons (Fsp3) is 0.364. The summed E-state index contributed by atoms with van der Waals surface area (Å²) in [5.74, 6) is 0. The topological polar surface area (TPSA) is 29.3 Å². The first-order valence-electron chi connectivity index (χ1n) is 4.96. The molecule has 0 atom stereocenters. The Morgan fingerprint density at radius 1 is 1.43 bits per heavy atom. The van der Waals surface area contributed by atoms with E-state index in [4.69, 9.17) is 0 Å². The minimum Gasteiger partial charge on any atom is -0.311 e. The quantitative estimate of drug-likeness (QED) is 0.797. The summed E-state index contributed by atoms with van der Waals surface area (Å²) < 4.78 is 2.14. The van der Waals surface area contributed by atoms with Crippen LogP contribution in [0.15, 0.2) is 24.4 Å². The number of rotatable bonds is 3. The molecule has 3 heteroatoms. The van der Waals surface area contributed by atoms with Gasteiger partial charge in [0.25, 0.3) is 0 Å². The van der Waals surface area contributed by atoms with Crippen LogP contribution >= 0.6 is 0 Å². The lowest BCUT2D eigenvalue weighted by Crippen LogP contribution is -2.14. The van der Waals surface area contributed by atoms with Gasteiger partial charge in [0.05, 0.1) is 11.4 Å². The predicted molar refractivity (Wildman–Crippen MR) is 57.3 cm³/mol. The second-order valence-corrected chi connectivity index (χ2v) is 3.35. The minimum absolute atomic E-state index is 0.882. The number of fused-ring (bicyclic) bond motifs is 1. The maximum atomic E-state index is 4.49. The van der Waals surface area contributed by atoms with Gasteiger partial charge in [0, 0.05) is 12.7 Å². The molecule has 0 fully saturated rings. The van der Waals surface area contributed by atoms with E-state index < -0.39 is 0 Å². The molecule has 2 aromatic heterocycles. The standard InChI is InChI=1S/C11H15N3/c1-3-12-8-10-9(2)13-11-6-4-5-7-14(10)11/h4-7,12H,3,8H2,1-2H3. The fourth-order valence-corrected chi connectivity index (χ4v) is 1.62. The van der Waals surface area contributed by atoms with Gasteiger partial charge >= 0.3 is 0 Å². The summed E-state index contributed by atoms with van der Waals surface area (Å²) in [5, 5.41) is 3.32. The number of imidazole rings is 1. The van der Waals surface area contributed by atoms with E-state index in [1.54, 1.807) is 0 Å². The van der Waals surface area contributed by atoms with Gasteiger partial charge in [-0.05, 0) is 25.6 Å². The molecule has 3 nitrogen and oxygen atoms in total. The van der Waals surface area contributed by atoms with Gasteiger partial charge in [-0.2, -0.15) is 0 Å². The maximum Gasteiger partial charge on any atom is 0.137 e. The smallest absolute Gasteiger partial charge is 0.137 e. The summed E-state index contributed by atoms with van der Waals surface area (Å²) in [6.45, 7) is 6.03. The van der Waals surface area contributed by atoms with Crippen molar-refractivity contribution in [1.29, 1.82) is 0 Å². The summed E-state index contributed by atoms with van der Waals surface area (Å²) in [4.78, 5) is 4.49. The molecule has 2 heterocycles. The summed E-state index contributed by atoms with van der Waals surface area (Å²) >= 11 is 0. The molecule has 0 amide bonds. The van der Waals surface area contributed by atoms with E-state index in [0.717, 1.165) is 24.4 Å². The van der Waals surface area contributed by atoms with Gasteiger partial charge < -0.3 is 9.72 Å². The molecule has 0 aliphatic rings. The average molecular weight is 189 g/mol. The first-order valence-corrected chi connectivity index (χ1v) is 4.96. The van der Waals surface area contributed by atoms with Gasteiger partial charge in [-0.25, -0.2) is 4.98 Å². The van der Waals surface area contributed by atoms with Crippen LogP contribution in [-0.2, 0) is 6.54 Å². The van der Waals surface area contributed by atoms with Gasteiger partial charge in [0.1, 0.15) is 5.65 Å². The van der Waals surface area contributed by atoms with Crippen molar-refractivity contribution in [3.05, 3.63) is 35.8 Å². The van der Waals surface area contributed by atoms with Crippen LogP contribution in [0.5, 0.6) is 0 Å². The molecule has 0 saturated heterocycles. The maximum absolute atomic E-state index is 4.49. The van der Waals surface area contributed by atoms with E-state index in [-0.39, 0.29) is 0 Å². The van der Waals surface area contributed by atoms with Gasteiger partial charge in [0.15, 0.2) is 0 Å². The van der Waals surface area contributed by atoms with Crippen molar-refractivity contribution >= 4 is 5.65 Å². The van der Waals surface area contributed by atoms with Crippen molar-refractivity contribution in [2.75, 3.05) is 6.54 Å². The van der Waals surface area contributed by atoms with Crippen molar-refractivity contribution < 1.29 is 0 Å². The van der Waals surface area contributed by atoms with Crippen LogP contribution in [0.1, 0.15) is 18.3 Å². The number of nitrogens with zero attached hydrogens (tertiary/aromatic N) is 2. The van der Waals surface area contributed by atoms with Crippen molar-refractivity contribution in [2.45, 2.75) is 20.4 Å².